The molecule has 2 aliphatic carbocycles. The number of aromatic hydroxyl groups is 2. The Morgan fingerprint density at radius 2 is 1.93 bits per heavy atom. The van der Waals surface area contributed by atoms with E-state index in [2.05, 4.69) is 13.8 Å². The van der Waals surface area contributed by atoms with E-state index in [1.165, 1.54) is 6.92 Å². The fraction of sp³-hybridized carbons (Fsp3) is 0.636. The van der Waals surface area contributed by atoms with E-state index in [4.69, 9.17) is 4.74 Å². The molecule has 0 saturated heterocycles. The van der Waals surface area contributed by atoms with Crippen molar-refractivity contribution in [2.45, 2.75) is 71.1 Å². The molecule has 0 amide bonds. The largest absolute Gasteiger partial charge is 0.504 e. The van der Waals surface area contributed by atoms with Gasteiger partial charge in [-0.1, -0.05) is 33.3 Å². The molecule has 0 aromatic heterocycles. The number of esters is 1. The summed E-state index contributed by atoms with van der Waals surface area (Å²) >= 11 is 0. The molecule has 3 atom stereocenters. The Morgan fingerprint density at radius 3 is 2.54 bits per heavy atom. The maximum Gasteiger partial charge on any atom is 0.314 e. The van der Waals surface area contributed by atoms with Gasteiger partial charge in [-0.3, -0.25) is 9.59 Å². The molecule has 0 heterocycles. The van der Waals surface area contributed by atoms with E-state index in [0.717, 1.165) is 24.8 Å². The van der Waals surface area contributed by atoms with Gasteiger partial charge in [-0.15, -0.1) is 0 Å². The first-order valence-electron chi connectivity index (χ1n) is 9.97. The summed E-state index contributed by atoms with van der Waals surface area (Å²) in [6.07, 6.45) is 3.55. The second kappa shape index (κ2) is 6.98. The van der Waals surface area contributed by atoms with E-state index >= 15 is 0 Å². The fourth-order valence-electron chi connectivity index (χ4n) is 5.58. The topological polar surface area (TPSA) is 104 Å². The molecule has 154 valence electrons. The first-order chi connectivity index (χ1) is 13.0. The number of hydrogen-bond donors (Lipinski definition) is 3. The van der Waals surface area contributed by atoms with Gasteiger partial charge in [0.2, 0.25) is 0 Å². The standard InChI is InChI=1S/C22H30O6/c1-12(11-28-13(2)23)15-10-14-6-7-16-21(3,4)8-5-9-22(16,20(26)27)17(14)19(25)18(15)24/h10,12,16,24-25H,5-9,11H2,1-4H3,(H,26,27)/t12?,16?,22-/m1/s1. The van der Waals surface area contributed by atoms with E-state index in [1.807, 2.05) is 0 Å². The van der Waals surface area contributed by atoms with Crippen LogP contribution in [0.1, 0.15) is 76.0 Å². The lowest BCUT2D eigenvalue weighted by Crippen LogP contribution is -2.54. The lowest BCUT2D eigenvalue weighted by atomic mass is 9.49. The highest BCUT2D eigenvalue weighted by Crippen LogP contribution is 2.60. The summed E-state index contributed by atoms with van der Waals surface area (Å²) < 4.78 is 5.04. The molecule has 2 unspecified atom stereocenters. The van der Waals surface area contributed by atoms with E-state index < -0.39 is 17.4 Å². The van der Waals surface area contributed by atoms with Crippen molar-refractivity contribution in [1.82, 2.24) is 0 Å². The number of hydrogen-bond acceptors (Lipinski definition) is 5. The summed E-state index contributed by atoms with van der Waals surface area (Å²) in [5.74, 6) is -2.39. The van der Waals surface area contributed by atoms with Crippen LogP contribution in [-0.4, -0.2) is 33.9 Å². The molecule has 3 N–H and O–H groups in total. The number of rotatable bonds is 4. The fourth-order valence-corrected chi connectivity index (χ4v) is 5.58. The lowest BCUT2D eigenvalue weighted by Gasteiger charge is -2.53. The molecule has 6 heteroatoms. The third-order valence-electron chi connectivity index (χ3n) is 6.91. The SMILES string of the molecule is CC(=O)OCC(C)c1cc2c(c(O)c1O)[C@@]1(C(=O)O)CCCC(C)(C)C1CC2. The van der Waals surface area contributed by atoms with Crippen molar-refractivity contribution in [3.8, 4) is 11.5 Å². The Hall–Kier alpha value is -2.24. The number of carbonyl (C=O) groups is 2. The van der Waals surface area contributed by atoms with Gasteiger partial charge >= 0.3 is 11.9 Å². The van der Waals surface area contributed by atoms with E-state index in [-0.39, 0.29) is 35.4 Å². The van der Waals surface area contributed by atoms with Crippen molar-refractivity contribution in [1.29, 1.82) is 0 Å². The number of phenols is 2. The third-order valence-corrected chi connectivity index (χ3v) is 6.91. The van der Waals surface area contributed by atoms with Gasteiger partial charge < -0.3 is 20.1 Å². The van der Waals surface area contributed by atoms with Crippen LogP contribution in [0.5, 0.6) is 11.5 Å². The van der Waals surface area contributed by atoms with Crippen LogP contribution in [0, 0.1) is 11.3 Å². The Morgan fingerprint density at radius 1 is 1.25 bits per heavy atom. The molecule has 1 saturated carbocycles. The Balaban J connectivity index is 2.14. The van der Waals surface area contributed by atoms with Crippen LogP contribution in [0.4, 0.5) is 0 Å². The number of phenolic OH excluding ortho intramolecular Hbond substituents is 2. The van der Waals surface area contributed by atoms with Crippen LogP contribution in [0.25, 0.3) is 0 Å². The van der Waals surface area contributed by atoms with Crippen LogP contribution in [0.2, 0.25) is 0 Å². The summed E-state index contributed by atoms with van der Waals surface area (Å²) in [6, 6.07) is 1.79. The molecule has 1 fully saturated rings. The van der Waals surface area contributed by atoms with Gasteiger partial charge in [-0.25, -0.2) is 0 Å². The Bertz CT molecular complexity index is 812. The average Bonchev–Trinajstić information content (AvgIpc) is 2.61. The van der Waals surface area contributed by atoms with Gasteiger partial charge in [0.25, 0.3) is 0 Å². The number of carboxylic acids is 1. The molecule has 0 radical (unpaired) electrons. The maximum absolute atomic E-state index is 12.6. The molecule has 1 aromatic rings. The number of carboxylic acid groups (broad SMARTS) is 1. The molecule has 0 spiro atoms. The number of ether oxygens (including phenoxy) is 1. The van der Waals surface area contributed by atoms with Crippen molar-refractivity contribution in [2.24, 2.45) is 11.3 Å². The number of fused-ring (bicyclic) bond motifs is 3. The number of aryl methyl sites for hydroxylation is 1. The maximum atomic E-state index is 12.6. The summed E-state index contributed by atoms with van der Waals surface area (Å²) in [5.41, 5.74) is 0.291. The number of benzene rings is 1. The van der Waals surface area contributed by atoms with Gasteiger partial charge in [0.1, 0.15) is 0 Å². The molecular weight excluding hydrogens is 360 g/mol. The summed E-state index contributed by atoms with van der Waals surface area (Å²) in [5, 5.41) is 32.0. The quantitative estimate of drug-likeness (QED) is 0.533. The second-order valence-electron chi connectivity index (χ2n) is 9.11. The van der Waals surface area contributed by atoms with Crippen molar-refractivity contribution >= 4 is 11.9 Å². The minimum Gasteiger partial charge on any atom is -0.504 e. The molecule has 0 bridgehead atoms. The zero-order valence-electron chi connectivity index (χ0n) is 17.0. The van der Waals surface area contributed by atoms with Gasteiger partial charge in [-0.05, 0) is 42.6 Å². The van der Waals surface area contributed by atoms with Crippen molar-refractivity contribution < 1.29 is 29.6 Å². The zero-order valence-corrected chi connectivity index (χ0v) is 17.0. The predicted octanol–water partition coefficient (Wildman–Crippen LogP) is 3.86. The minimum absolute atomic E-state index is 0.0842. The first kappa shape index (κ1) is 20.5. The van der Waals surface area contributed by atoms with E-state index in [0.29, 0.717) is 24.0 Å². The van der Waals surface area contributed by atoms with E-state index in [9.17, 15) is 24.9 Å². The molecule has 3 rings (SSSR count). The highest BCUT2D eigenvalue weighted by Gasteiger charge is 2.58. The van der Waals surface area contributed by atoms with Crippen LogP contribution in [-0.2, 0) is 26.2 Å². The van der Waals surface area contributed by atoms with Gasteiger partial charge in [0.15, 0.2) is 11.5 Å². The number of carbonyl (C=O) groups excluding carboxylic acids is 1. The monoisotopic (exact) mass is 390 g/mol. The van der Waals surface area contributed by atoms with Crippen LogP contribution >= 0.6 is 0 Å². The average molecular weight is 390 g/mol. The summed E-state index contributed by atoms with van der Waals surface area (Å²) in [6.45, 7) is 7.41. The molecular formula is C22H30O6. The van der Waals surface area contributed by atoms with Crippen molar-refractivity contribution in [3.63, 3.8) is 0 Å². The molecule has 6 nitrogen and oxygen atoms in total. The highest BCUT2D eigenvalue weighted by atomic mass is 16.5. The Labute approximate surface area is 165 Å². The molecule has 1 aromatic carbocycles. The van der Waals surface area contributed by atoms with Gasteiger partial charge in [0.05, 0.1) is 12.0 Å². The molecule has 0 aliphatic heterocycles. The van der Waals surface area contributed by atoms with E-state index in [1.54, 1.807) is 13.0 Å². The first-order valence-corrected chi connectivity index (χ1v) is 9.97. The third kappa shape index (κ3) is 3.03. The normalized spacial score (nSPS) is 26.6. The van der Waals surface area contributed by atoms with Crippen LogP contribution in [0.15, 0.2) is 6.07 Å². The van der Waals surface area contributed by atoms with Gasteiger partial charge in [-0.2, -0.15) is 0 Å². The van der Waals surface area contributed by atoms with Crippen LogP contribution in [0.3, 0.4) is 0 Å². The second-order valence-corrected chi connectivity index (χ2v) is 9.11. The predicted molar refractivity (Wildman–Crippen MR) is 104 cm³/mol. The van der Waals surface area contributed by atoms with Crippen molar-refractivity contribution in [3.05, 3.63) is 22.8 Å². The lowest BCUT2D eigenvalue weighted by molar-refractivity contribution is -0.153. The summed E-state index contributed by atoms with van der Waals surface area (Å²) in [4.78, 5) is 23.7. The number of aliphatic carboxylic acids is 1. The highest BCUT2D eigenvalue weighted by molar-refractivity contribution is 5.85. The van der Waals surface area contributed by atoms with Crippen LogP contribution < -0.4 is 0 Å². The molecule has 28 heavy (non-hydrogen) atoms. The molecule has 2 aliphatic rings. The minimum atomic E-state index is -1.19. The van der Waals surface area contributed by atoms with Gasteiger partial charge in [0, 0.05) is 24.0 Å². The summed E-state index contributed by atoms with van der Waals surface area (Å²) in [7, 11) is 0. The van der Waals surface area contributed by atoms with Crippen molar-refractivity contribution in [2.75, 3.05) is 6.61 Å². The zero-order chi connectivity index (χ0) is 20.9. The smallest absolute Gasteiger partial charge is 0.314 e. The Kier molecular flexibility index (Phi) is 5.11.